The maximum absolute atomic E-state index is 13.8. The van der Waals surface area contributed by atoms with Crippen molar-refractivity contribution in [3.05, 3.63) is 78.0 Å². The average Bonchev–Trinajstić information content (AvgIpc) is 3.29. The number of nitrogens with two attached hydrogens (primary N) is 1. The van der Waals surface area contributed by atoms with Crippen molar-refractivity contribution in [1.29, 1.82) is 0 Å². The van der Waals surface area contributed by atoms with E-state index in [1.54, 1.807) is 36.5 Å². The van der Waals surface area contributed by atoms with Gasteiger partial charge in [0, 0.05) is 31.9 Å². The Bertz CT molecular complexity index is 1480. The zero-order valence-corrected chi connectivity index (χ0v) is 23.7. The van der Waals surface area contributed by atoms with Gasteiger partial charge in [-0.3, -0.25) is 4.79 Å². The second-order valence-corrected chi connectivity index (χ2v) is 13.5. The molecule has 2 atom stereocenters. The number of nitrogens with zero attached hydrogens (tertiary/aromatic N) is 3. The van der Waals surface area contributed by atoms with Crippen LogP contribution in [0.4, 0.5) is 17.2 Å². The van der Waals surface area contributed by atoms with E-state index in [0.717, 1.165) is 56.6 Å². The fourth-order valence-electron chi connectivity index (χ4n) is 7.05. The van der Waals surface area contributed by atoms with Crippen molar-refractivity contribution in [3.8, 4) is 0 Å². The van der Waals surface area contributed by atoms with Gasteiger partial charge in [-0.15, -0.1) is 0 Å². The predicted molar refractivity (Wildman–Crippen MR) is 158 cm³/mol. The minimum atomic E-state index is -3.54. The minimum absolute atomic E-state index is 0.00516. The van der Waals surface area contributed by atoms with Crippen molar-refractivity contribution in [3.63, 3.8) is 0 Å². The molecular weight excluding hydrogens is 522 g/mol. The molecular formula is C31H37N5O3S. The van der Waals surface area contributed by atoms with E-state index < -0.39 is 10.0 Å². The number of para-hydroxylation sites is 2. The molecule has 1 aliphatic carbocycles. The third kappa shape index (κ3) is 4.86. The molecule has 2 saturated heterocycles. The topological polar surface area (TPSA) is 109 Å². The molecule has 8 nitrogen and oxygen atoms in total. The first-order chi connectivity index (χ1) is 19.3. The number of benzene rings is 2. The lowest BCUT2D eigenvalue weighted by Gasteiger charge is -2.44. The summed E-state index contributed by atoms with van der Waals surface area (Å²) in [5.41, 5.74) is 8.57. The highest BCUT2D eigenvalue weighted by atomic mass is 32.2. The van der Waals surface area contributed by atoms with Crippen LogP contribution in [0.5, 0.6) is 0 Å². The lowest BCUT2D eigenvalue weighted by Crippen LogP contribution is -2.45. The van der Waals surface area contributed by atoms with Gasteiger partial charge in [-0.05, 0) is 80.3 Å². The number of piperidine rings is 1. The average molecular weight is 560 g/mol. The number of nitrogens with one attached hydrogen (secondary N) is 1. The molecule has 0 radical (unpaired) electrons. The molecule has 40 heavy (non-hydrogen) atoms. The number of carbonyl (C=O) groups is 1. The van der Waals surface area contributed by atoms with Gasteiger partial charge in [-0.1, -0.05) is 42.7 Å². The van der Waals surface area contributed by atoms with E-state index in [9.17, 15) is 13.2 Å². The number of rotatable bonds is 5. The summed E-state index contributed by atoms with van der Waals surface area (Å²) >= 11 is 0. The van der Waals surface area contributed by atoms with Crippen LogP contribution in [0, 0.1) is 18.3 Å². The highest BCUT2D eigenvalue weighted by Crippen LogP contribution is 2.54. The van der Waals surface area contributed by atoms with Gasteiger partial charge in [0.25, 0.3) is 5.91 Å². The lowest BCUT2D eigenvalue weighted by molar-refractivity contribution is 0.102. The van der Waals surface area contributed by atoms with Gasteiger partial charge < -0.3 is 16.0 Å². The minimum Gasteiger partial charge on any atom is -0.397 e. The monoisotopic (exact) mass is 559 g/mol. The van der Waals surface area contributed by atoms with Crippen LogP contribution in [-0.2, 0) is 10.0 Å². The predicted octanol–water partition coefficient (Wildman–Crippen LogP) is 5.07. The Kier molecular flexibility index (Phi) is 7.04. The first-order valence-corrected chi connectivity index (χ1v) is 15.7. The molecule has 9 heteroatoms. The van der Waals surface area contributed by atoms with Crippen molar-refractivity contribution in [2.75, 3.05) is 35.6 Å². The molecule has 0 bridgehead atoms. The van der Waals surface area contributed by atoms with E-state index >= 15 is 0 Å². The standard InChI is InChI=1S/C31H37N5O3S/c1-22-10-13-24(14-11-22)40(38,39)36-21-31(25-6-2-5-9-28(25)36)16-18-35(19-17-31)29-15-12-23(20-33-29)30(37)34-27-8-4-3-7-26(27)32/h3-4,7-8,10-15,20,25,28H,2,5-6,9,16-19,21,32H2,1H3,(H,34,37). The van der Waals surface area contributed by atoms with Gasteiger partial charge in [0.2, 0.25) is 10.0 Å². The van der Waals surface area contributed by atoms with Gasteiger partial charge >= 0.3 is 0 Å². The van der Waals surface area contributed by atoms with Crippen LogP contribution in [0.3, 0.4) is 0 Å². The zero-order chi connectivity index (χ0) is 27.9. The second-order valence-electron chi connectivity index (χ2n) is 11.6. The number of hydrogen-bond acceptors (Lipinski definition) is 6. The fraction of sp³-hybridized carbons (Fsp3) is 0.419. The quantitative estimate of drug-likeness (QED) is 0.423. The Labute approximate surface area is 236 Å². The Morgan fingerprint density at radius 2 is 1.73 bits per heavy atom. The van der Waals surface area contributed by atoms with Crippen molar-refractivity contribution in [2.24, 2.45) is 11.3 Å². The van der Waals surface area contributed by atoms with Gasteiger partial charge in [-0.2, -0.15) is 4.31 Å². The molecule has 2 unspecified atom stereocenters. The number of pyridine rings is 1. The van der Waals surface area contributed by atoms with Crippen molar-refractivity contribution < 1.29 is 13.2 Å². The summed E-state index contributed by atoms with van der Waals surface area (Å²) in [7, 11) is -3.54. The summed E-state index contributed by atoms with van der Waals surface area (Å²) < 4.78 is 29.4. The summed E-state index contributed by atoms with van der Waals surface area (Å²) in [5.74, 6) is 0.986. The van der Waals surface area contributed by atoms with E-state index in [4.69, 9.17) is 5.73 Å². The molecule has 2 aliphatic heterocycles. The molecule has 3 aromatic rings. The van der Waals surface area contributed by atoms with Crippen LogP contribution in [0.25, 0.3) is 0 Å². The highest BCUT2D eigenvalue weighted by Gasteiger charge is 2.56. The number of aromatic nitrogens is 1. The van der Waals surface area contributed by atoms with Crippen LogP contribution >= 0.6 is 0 Å². The number of fused-ring (bicyclic) bond motifs is 2. The van der Waals surface area contributed by atoms with Crippen LogP contribution in [0.15, 0.2) is 71.8 Å². The van der Waals surface area contributed by atoms with Gasteiger partial charge in [0.15, 0.2) is 0 Å². The molecule has 1 aromatic heterocycles. The highest BCUT2D eigenvalue weighted by molar-refractivity contribution is 7.89. The first-order valence-electron chi connectivity index (χ1n) is 14.2. The van der Waals surface area contributed by atoms with E-state index in [2.05, 4.69) is 15.2 Å². The summed E-state index contributed by atoms with van der Waals surface area (Å²) in [6.07, 6.45) is 7.78. The molecule has 1 spiro atoms. The Hall–Kier alpha value is -3.43. The number of hydrogen-bond donors (Lipinski definition) is 2. The molecule has 2 aromatic carbocycles. The van der Waals surface area contributed by atoms with E-state index in [1.165, 1.54) is 6.42 Å². The summed E-state index contributed by atoms with van der Waals surface area (Å²) in [4.78, 5) is 20.0. The molecule has 3 fully saturated rings. The summed E-state index contributed by atoms with van der Waals surface area (Å²) in [6, 6.07) is 18.2. The maximum atomic E-state index is 13.8. The van der Waals surface area contributed by atoms with Crippen LogP contribution in [0.2, 0.25) is 0 Å². The molecule has 3 N–H and O–H groups in total. The largest absolute Gasteiger partial charge is 0.397 e. The maximum Gasteiger partial charge on any atom is 0.257 e. The molecule has 6 rings (SSSR count). The third-order valence-electron chi connectivity index (χ3n) is 9.29. The molecule has 1 saturated carbocycles. The van der Waals surface area contributed by atoms with E-state index in [-0.39, 0.29) is 17.4 Å². The van der Waals surface area contributed by atoms with Crippen LogP contribution in [0.1, 0.15) is 54.4 Å². The summed E-state index contributed by atoms with van der Waals surface area (Å²) in [6.45, 7) is 4.22. The van der Waals surface area contributed by atoms with Crippen LogP contribution in [-0.4, -0.2) is 49.3 Å². The third-order valence-corrected chi connectivity index (χ3v) is 11.2. The number of aryl methyl sites for hydroxylation is 1. The number of sulfonamides is 1. The number of amides is 1. The Morgan fingerprint density at radius 3 is 2.42 bits per heavy atom. The van der Waals surface area contributed by atoms with Crippen molar-refractivity contribution in [2.45, 2.75) is 56.4 Å². The molecule has 3 aliphatic rings. The van der Waals surface area contributed by atoms with E-state index in [1.807, 2.05) is 41.6 Å². The Balaban J connectivity index is 1.15. The first kappa shape index (κ1) is 26.8. The Morgan fingerprint density at radius 1 is 1.00 bits per heavy atom. The van der Waals surface area contributed by atoms with Crippen LogP contribution < -0.4 is 16.0 Å². The number of anilines is 3. The number of nitrogen functional groups attached to an aromatic ring is 1. The smallest absolute Gasteiger partial charge is 0.257 e. The SMILES string of the molecule is Cc1ccc(S(=O)(=O)N2CC3(CCN(c4ccc(C(=O)Nc5ccccc5N)cn4)CC3)C3CCCCC32)cc1. The zero-order valence-electron chi connectivity index (χ0n) is 22.9. The van der Waals surface area contributed by atoms with Gasteiger partial charge in [-0.25, -0.2) is 13.4 Å². The fourth-order valence-corrected chi connectivity index (χ4v) is 8.83. The second kappa shape index (κ2) is 10.5. The molecule has 1 amide bonds. The van der Waals surface area contributed by atoms with Crippen molar-refractivity contribution in [1.82, 2.24) is 9.29 Å². The normalized spacial score (nSPS) is 22.7. The molecule has 210 valence electrons. The molecule has 3 heterocycles. The number of carbonyl (C=O) groups excluding carboxylic acids is 1. The van der Waals surface area contributed by atoms with Gasteiger partial charge in [0.05, 0.1) is 21.8 Å². The lowest BCUT2D eigenvalue weighted by atomic mass is 9.65. The van der Waals surface area contributed by atoms with Crippen molar-refractivity contribution >= 4 is 33.1 Å². The van der Waals surface area contributed by atoms with E-state index in [0.29, 0.717) is 34.3 Å². The summed E-state index contributed by atoms with van der Waals surface area (Å²) in [5, 5.41) is 2.84. The van der Waals surface area contributed by atoms with Gasteiger partial charge in [0.1, 0.15) is 5.82 Å².